The molecular weight excluding hydrogens is 206 g/mol. The van der Waals surface area contributed by atoms with Crippen LogP contribution < -0.4 is 0 Å². The molecule has 0 unspecified atom stereocenters. The van der Waals surface area contributed by atoms with E-state index in [2.05, 4.69) is 18.1 Å². The van der Waals surface area contributed by atoms with Gasteiger partial charge >= 0.3 is 0 Å². The first-order valence-corrected chi connectivity index (χ1v) is 4.60. The molecule has 4 heteroatoms. The van der Waals surface area contributed by atoms with Crippen LogP contribution in [0.4, 0.5) is 0 Å². The first-order valence-electron chi connectivity index (χ1n) is 4.60. The molecule has 0 aliphatic heterocycles. The van der Waals surface area contributed by atoms with Crippen molar-refractivity contribution in [3.05, 3.63) is 55.2 Å². The summed E-state index contributed by atoms with van der Waals surface area (Å²) in [5.41, 5.74) is 0.514. The largest absolute Gasteiger partial charge is 0.516 e. The molecule has 1 N–H and O–H groups in total. The average Bonchev–Trinajstić information content (AvgIpc) is 2.61. The van der Waals surface area contributed by atoms with Gasteiger partial charge in [0, 0.05) is 6.92 Å². The summed E-state index contributed by atoms with van der Waals surface area (Å²) in [6.07, 6.45) is 6.92. The van der Waals surface area contributed by atoms with E-state index in [0.717, 1.165) is 6.26 Å². The molecule has 0 aliphatic carbocycles. The Bertz CT molecular complexity index is 441. The summed E-state index contributed by atoms with van der Waals surface area (Å²) in [4.78, 5) is 4.13. The predicted octanol–water partition coefficient (Wildman–Crippen LogP) is 3.20. The van der Waals surface area contributed by atoms with Gasteiger partial charge in [-0.2, -0.15) is 0 Å². The number of hydrogen-bond acceptors (Lipinski definition) is 4. The fourth-order valence-corrected chi connectivity index (χ4v) is 1.10. The Labute approximate surface area is 93.9 Å². The van der Waals surface area contributed by atoms with Crippen LogP contribution in [0.3, 0.4) is 0 Å². The van der Waals surface area contributed by atoms with Crippen LogP contribution in [-0.4, -0.2) is 10.1 Å². The van der Waals surface area contributed by atoms with E-state index in [4.69, 9.17) is 14.3 Å². The van der Waals surface area contributed by atoms with Gasteiger partial charge in [0.2, 0.25) is 0 Å². The van der Waals surface area contributed by atoms with Gasteiger partial charge in [-0.15, -0.1) is 0 Å². The number of allylic oxidation sites excluding steroid dienone is 2. The summed E-state index contributed by atoms with van der Waals surface area (Å²) in [6, 6.07) is 0. The third kappa shape index (κ3) is 2.88. The zero-order chi connectivity index (χ0) is 12.0. The zero-order valence-corrected chi connectivity index (χ0v) is 9.01. The van der Waals surface area contributed by atoms with Gasteiger partial charge in [0.15, 0.2) is 17.3 Å². The summed E-state index contributed by atoms with van der Waals surface area (Å²) in [5.74, 6) is 1.39. The SMILES string of the molecule is C=COC(=C)c1nc(C)oc1/C=C/C=C\O. The molecule has 0 saturated heterocycles. The lowest BCUT2D eigenvalue weighted by molar-refractivity contribution is 0.437. The van der Waals surface area contributed by atoms with Crippen molar-refractivity contribution in [3.8, 4) is 0 Å². The Morgan fingerprint density at radius 1 is 1.50 bits per heavy atom. The lowest BCUT2D eigenvalue weighted by Gasteiger charge is -1.99. The van der Waals surface area contributed by atoms with E-state index >= 15 is 0 Å². The van der Waals surface area contributed by atoms with Crippen LogP contribution in [0.25, 0.3) is 11.8 Å². The highest BCUT2D eigenvalue weighted by Crippen LogP contribution is 2.20. The summed E-state index contributed by atoms with van der Waals surface area (Å²) < 4.78 is 10.4. The lowest BCUT2D eigenvalue weighted by atomic mass is 10.3. The highest BCUT2D eigenvalue weighted by atomic mass is 16.5. The Hall–Kier alpha value is -2.23. The van der Waals surface area contributed by atoms with E-state index in [1.807, 2.05) is 0 Å². The topological polar surface area (TPSA) is 55.5 Å². The lowest BCUT2D eigenvalue weighted by Crippen LogP contribution is -1.87. The number of aromatic nitrogens is 1. The van der Waals surface area contributed by atoms with Crippen LogP contribution in [0.5, 0.6) is 0 Å². The third-order valence-corrected chi connectivity index (χ3v) is 1.69. The van der Waals surface area contributed by atoms with Gasteiger partial charge < -0.3 is 14.3 Å². The Morgan fingerprint density at radius 2 is 2.25 bits per heavy atom. The van der Waals surface area contributed by atoms with E-state index in [9.17, 15) is 0 Å². The van der Waals surface area contributed by atoms with E-state index in [0.29, 0.717) is 23.1 Å². The fraction of sp³-hybridized carbons (Fsp3) is 0.0833. The highest BCUT2D eigenvalue weighted by Gasteiger charge is 2.12. The van der Waals surface area contributed by atoms with Crippen LogP contribution >= 0.6 is 0 Å². The molecule has 1 rings (SSSR count). The molecule has 1 heterocycles. The maximum atomic E-state index is 8.48. The molecule has 0 fully saturated rings. The van der Waals surface area contributed by atoms with E-state index in [1.165, 1.54) is 12.3 Å². The standard InChI is InChI=1S/C12H13NO3/c1-4-15-9(2)12-11(7-5-6-8-14)16-10(3)13-12/h4-8,14H,1-2H2,3H3/b7-5+,8-6-. The molecule has 0 bridgehead atoms. The monoisotopic (exact) mass is 219 g/mol. The second kappa shape index (κ2) is 5.60. The van der Waals surface area contributed by atoms with Gasteiger partial charge in [0.25, 0.3) is 0 Å². The Morgan fingerprint density at radius 3 is 2.88 bits per heavy atom. The minimum Gasteiger partial charge on any atom is -0.516 e. The van der Waals surface area contributed by atoms with Crippen molar-refractivity contribution in [2.24, 2.45) is 0 Å². The second-order valence-corrected chi connectivity index (χ2v) is 2.85. The molecule has 84 valence electrons. The number of aryl methyl sites for hydroxylation is 1. The van der Waals surface area contributed by atoms with Crippen LogP contribution in [-0.2, 0) is 4.74 Å². The van der Waals surface area contributed by atoms with Gasteiger partial charge in [-0.1, -0.05) is 19.2 Å². The molecular formula is C12H13NO3. The molecule has 0 aliphatic rings. The predicted molar refractivity (Wildman–Crippen MR) is 62.4 cm³/mol. The third-order valence-electron chi connectivity index (χ3n) is 1.69. The molecule has 16 heavy (non-hydrogen) atoms. The van der Waals surface area contributed by atoms with Crippen molar-refractivity contribution in [2.75, 3.05) is 0 Å². The smallest absolute Gasteiger partial charge is 0.192 e. The van der Waals surface area contributed by atoms with Crippen molar-refractivity contribution in [2.45, 2.75) is 6.92 Å². The minimum atomic E-state index is 0.361. The average molecular weight is 219 g/mol. The Kier molecular flexibility index (Phi) is 4.15. The fourth-order valence-electron chi connectivity index (χ4n) is 1.10. The normalized spacial score (nSPS) is 11.1. The van der Waals surface area contributed by atoms with Gasteiger partial charge in [0.1, 0.15) is 5.76 Å². The number of nitrogens with zero attached hydrogens (tertiary/aromatic N) is 1. The van der Waals surface area contributed by atoms with Crippen LogP contribution in [0.2, 0.25) is 0 Å². The van der Waals surface area contributed by atoms with Crippen molar-refractivity contribution in [3.63, 3.8) is 0 Å². The summed E-state index contributed by atoms with van der Waals surface area (Å²) >= 11 is 0. The minimum absolute atomic E-state index is 0.361. The van der Waals surface area contributed by atoms with Crippen LogP contribution in [0, 0.1) is 6.92 Å². The van der Waals surface area contributed by atoms with Crippen LogP contribution in [0.15, 0.2) is 42.3 Å². The maximum Gasteiger partial charge on any atom is 0.192 e. The molecule has 0 radical (unpaired) electrons. The quantitative estimate of drug-likeness (QED) is 0.610. The molecule has 1 aromatic heterocycles. The van der Waals surface area contributed by atoms with Crippen molar-refractivity contribution < 1.29 is 14.3 Å². The van der Waals surface area contributed by atoms with Gasteiger partial charge in [-0.25, -0.2) is 4.98 Å². The number of rotatable bonds is 5. The van der Waals surface area contributed by atoms with Crippen molar-refractivity contribution >= 4 is 11.8 Å². The van der Waals surface area contributed by atoms with E-state index in [1.54, 1.807) is 19.1 Å². The summed E-state index contributed by atoms with van der Waals surface area (Å²) in [6.45, 7) is 8.86. The number of aliphatic hydroxyl groups excluding tert-OH is 1. The second-order valence-electron chi connectivity index (χ2n) is 2.85. The van der Waals surface area contributed by atoms with Gasteiger partial charge in [-0.05, 0) is 12.2 Å². The molecule has 0 spiro atoms. The summed E-state index contributed by atoms with van der Waals surface area (Å²) in [5, 5.41) is 8.48. The maximum absolute atomic E-state index is 8.48. The highest BCUT2D eigenvalue weighted by molar-refractivity contribution is 5.64. The van der Waals surface area contributed by atoms with E-state index < -0.39 is 0 Å². The van der Waals surface area contributed by atoms with Crippen molar-refractivity contribution in [1.82, 2.24) is 4.98 Å². The zero-order valence-electron chi connectivity index (χ0n) is 9.01. The molecule has 0 atom stereocenters. The number of aliphatic hydroxyl groups is 1. The Balaban J connectivity index is 2.99. The van der Waals surface area contributed by atoms with Gasteiger partial charge in [-0.3, -0.25) is 0 Å². The molecule has 4 nitrogen and oxygen atoms in total. The molecule has 0 saturated carbocycles. The number of ether oxygens (including phenoxy) is 1. The van der Waals surface area contributed by atoms with Crippen molar-refractivity contribution in [1.29, 1.82) is 0 Å². The summed E-state index contributed by atoms with van der Waals surface area (Å²) in [7, 11) is 0. The number of hydrogen-bond donors (Lipinski definition) is 1. The van der Waals surface area contributed by atoms with Gasteiger partial charge in [0.05, 0.1) is 12.5 Å². The first kappa shape index (κ1) is 11.8. The van der Waals surface area contributed by atoms with Crippen LogP contribution in [0.1, 0.15) is 17.3 Å². The first-order chi connectivity index (χ1) is 7.69. The molecule has 0 aromatic carbocycles. The molecule has 0 amide bonds. The van der Waals surface area contributed by atoms with E-state index in [-0.39, 0.29) is 0 Å². The number of oxazole rings is 1. The molecule has 1 aromatic rings.